The number of allylic oxidation sites excluding steroid dienone is 2. The molecule has 0 fully saturated rings. The first-order valence-electron chi connectivity index (χ1n) is 6.41. The highest BCUT2D eigenvalue weighted by molar-refractivity contribution is 5.36. The average molecular weight is 273 g/mol. The van der Waals surface area contributed by atoms with Crippen molar-refractivity contribution in [3.63, 3.8) is 0 Å². The molecular weight excluding hydrogens is 254 g/mol. The largest absolute Gasteiger partial charge is 0.475 e. The molecule has 0 spiro atoms. The molecule has 1 aromatic rings. The van der Waals surface area contributed by atoms with Gasteiger partial charge in [0.2, 0.25) is 0 Å². The van der Waals surface area contributed by atoms with E-state index in [0.717, 1.165) is 6.42 Å². The normalized spacial score (nSPS) is 12.9. The molecule has 0 saturated heterocycles. The fraction of sp³-hybridized carbons (Fsp3) is 0.375. The van der Waals surface area contributed by atoms with Crippen LogP contribution in [0.1, 0.15) is 33.6 Å². The predicted molar refractivity (Wildman–Crippen MR) is 79.6 cm³/mol. The lowest BCUT2D eigenvalue weighted by Gasteiger charge is -2.25. The molecule has 1 atom stereocenters. The SMILES string of the molecule is C#C[C@@](C)(CCC=C(C)C)Oc1ccc([N+](=O)[O-])cc1. The molecule has 0 aliphatic rings. The Balaban J connectivity index is 2.74. The second-order valence-electron chi connectivity index (χ2n) is 5.05. The molecule has 0 heterocycles. The van der Waals surface area contributed by atoms with E-state index >= 15 is 0 Å². The van der Waals surface area contributed by atoms with Crippen molar-refractivity contribution >= 4 is 5.69 Å². The minimum absolute atomic E-state index is 0.0318. The predicted octanol–water partition coefficient (Wildman–Crippen LogP) is 4.11. The lowest BCUT2D eigenvalue weighted by molar-refractivity contribution is -0.384. The zero-order chi connectivity index (χ0) is 15.2. The van der Waals surface area contributed by atoms with Crippen molar-refractivity contribution in [3.8, 4) is 18.1 Å². The van der Waals surface area contributed by atoms with Crippen molar-refractivity contribution in [1.29, 1.82) is 0 Å². The van der Waals surface area contributed by atoms with E-state index < -0.39 is 10.5 Å². The van der Waals surface area contributed by atoms with Gasteiger partial charge in [-0.1, -0.05) is 17.6 Å². The summed E-state index contributed by atoms with van der Waals surface area (Å²) in [6.07, 6.45) is 9.17. The lowest BCUT2D eigenvalue weighted by Crippen LogP contribution is -2.30. The first-order valence-corrected chi connectivity index (χ1v) is 6.41. The summed E-state index contributed by atoms with van der Waals surface area (Å²) in [7, 11) is 0. The topological polar surface area (TPSA) is 52.4 Å². The van der Waals surface area contributed by atoms with Crippen LogP contribution in [0.5, 0.6) is 5.75 Å². The summed E-state index contributed by atoms with van der Waals surface area (Å²) < 4.78 is 5.78. The third-order valence-corrected chi connectivity index (χ3v) is 2.87. The summed E-state index contributed by atoms with van der Waals surface area (Å²) in [6.45, 7) is 5.90. The Hall–Kier alpha value is -2.28. The molecule has 0 bridgehead atoms. The van der Waals surface area contributed by atoms with Gasteiger partial charge in [0, 0.05) is 18.6 Å². The molecule has 0 unspecified atom stereocenters. The summed E-state index contributed by atoms with van der Waals surface area (Å²) in [6, 6.07) is 5.94. The summed E-state index contributed by atoms with van der Waals surface area (Å²) >= 11 is 0. The van der Waals surface area contributed by atoms with Gasteiger partial charge in [0.25, 0.3) is 5.69 Å². The number of ether oxygens (including phenoxy) is 1. The number of nitro groups is 1. The van der Waals surface area contributed by atoms with Crippen LogP contribution < -0.4 is 4.74 Å². The molecule has 0 aromatic heterocycles. The molecule has 106 valence electrons. The fourth-order valence-corrected chi connectivity index (χ4v) is 1.68. The van der Waals surface area contributed by atoms with Crippen LogP contribution in [0.25, 0.3) is 0 Å². The van der Waals surface area contributed by atoms with Crippen LogP contribution in [0.2, 0.25) is 0 Å². The summed E-state index contributed by atoms with van der Waals surface area (Å²) in [5, 5.41) is 10.6. The standard InChI is InChI=1S/C16H19NO3/c1-5-16(4,12-6-7-13(2)3)20-15-10-8-14(9-11-15)17(18)19/h1,7-11H,6,12H2,2-4H3/t16-/m0/s1. The smallest absolute Gasteiger partial charge is 0.269 e. The van der Waals surface area contributed by atoms with Crippen molar-refractivity contribution < 1.29 is 9.66 Å². The van der Waals surface area contributed by atoms with Crippen LogP contribution in [-0.4, -0.2) is 10.5 Å². The maximum atomic E-state index is 10.6. The monoisotopic (exact) mass is 273 g/mol. The van der Waals surface area contributed by atoms with Crippen molar-refractivity contribution in [3.05, 3.63) is 46.0 Å². The van der Waals surface area contributed by atoms with Crippen molar-refractivity contribution in [2.75, 3.05) is 0 Å². The summed E-state index contributed by atoms with van der Waals surface area (Å²) in [4.78, 5) is 10.1. The number of nitrogens with zero attached hydrogens (tertiary/aromatic N) is 1. The van der Waals surface area contributed by atoms with Crippen molar-refractivity contribution in [2.24, 2.45) is 0 Å². The van der Waals surface area contributed by atoms with Gasteiger partial charge in [0.1, 0.15) is 5.75 Å². The van der Waals surface area contributed by atoms with Crippen LogP contribution in [0.3, 0.4) is 0 Å². The maximum absolute atomic E-state index is 10.6. The number of terminal acetylenes is 1. The van der Waals surface area contributed by atoms with E-state index in [1.54, 1.807) is 12.1 Å². The van der Waals surface area contributed by atoms with Crippen molar-refractivity contribution in [1.82, 2.24) is 0 Å². The van der Waals surface area contributed by atoms with Crippen LogP contribution in [0.15, 0.2) is 35.9 Å². The minimum Gasteiger partial charge on any atom is -0.475 e. The molecule has 4 nitrogen and oxygen atoms in total. The number of hydrogen-bond acceptors (Lipinski definition) is 3. The van der Waals surface area contributed by atoms with Crippen LogP contribution in [-0.2, 0) is 0 Å². The number of hydrogen-bond donors (Lipinski definition) is 0. The van der Waals surface area contributed by atoms with E-state index in [-0.39, 0.29) is 5.69 Å². The maximum Gasteiger partial charge on any atom is 0.269 e. The molecule has 1 rings (SSSR count). The van der Waals surface area contributed by atoms with E-state index in [2.05, 4.69) is 12.0 Å². The summed E-state index contributed by atoms with van der Waals surface area (Å²) in [5.41, 5.74) is 0.547. The fourth-order valence-electron chi connectivity index (χ4n) is 1.68. The Bertz CT molecular complexity index is 536. The van der Waals surface area contributed by atoms with Crippen LogP contribution in [0.4, 0.5) is 5.69 Å². The third-order valence-electron chi connectivity index (χ3n) is 2.87. The molecule has 0 amide bonds. The number of non-ortho nitro benzene ring substituents is 1. The Morgan fingerprint density at radius 2 is 2.05 bits per heavy atom. The molecule has 0 aliphatic heterocycles. The minimum atomic E-state index is -0.720. The van der Waals surface area contributed by atoms with Gasteiger partial charge in [-0.3, -0.25) is 10.1 Å². The number of benzene rings is 1. The summed E-state index contributed by atoms with van der Waals surface area (Å²) in [5.74, 6) is 3.19. The third kappa shape index (κ3) is 4.77. The zero-order valence-electron chi connectivity index (χ0n) is 12.1. The van der Waals surface area contributed by atoms with E-state index in [4.69, 9.17) is 11.2 Å². The highest BCUT2D eigenvalue weighted by Gasteiger charge is 2.22. The van der Waals surface area contributed by atoms with E-state index in [0.29, 0.717) is 12.2 Å². The Morgan fingerprint density at radius 3 is 2.50 bits per heavy atom. The Kier molecular flexibility index (Phi) is 5.33. The quantitative estimate of drug-likeness (QED) is 0.339. The van der Waals surface area contributed by atoms with Crippen LogP contribution >= 0.6 is 0 Å². The molecule has 0 N–H and O–H groups in total. The Morgan fingerprint density at radius 1 is 1.45 bits per heavy atom. The molecule has 1 aromatic carbocycles. The molecule has 0 radical (unpaired) electrons. The van der Waals surface area contributed by atoms with E-state index in [1.165, 1.54) is 17.7 Å². The first-order chi connectivity index (χ1) is 9.36. The van der Waals surface area contributed by atoms with Gasteiger partial charge in [0.15, 0.2) is 5.60 Å². The highest BCUT2D eigenvalue weighted by atomic mass is 16.6. The molecule has 0 saturated carbocycles. The van der Waals surface area contributed by atoms with Gasteiger partial charge in [0.05, 0.1) is 4.92 Å². The Labute approximate surface area is 119 Å². The lowest BCUT2D eigenvalue weighted by atomic mass is 10.00. The average Bonchev–Trinajstić information content (AvgIpc) is 2.39. The van der Waals surface area contributed by atoms with Gasteiger partial charge in [-0.2, -0.15) is 0 Å². The van der Waals surface area contributed by atoms with Gasteiger partial charge in [-0.25, -0.2) is 0 Å². The molecule has 0 aliphatic carbocycles. The van der Waals surface area contributed by atoms with Gasteiger partial charge >= 0.3 is 0 Å². The highest BCUT2D eigenvalue weighted by Crippen LogP contribution is 2.24. The second kappa shape index (κ2) is 6.76. The molecular formula is C16H19NO3. The van der Waals surface area contributed by atoms with Crippen molar-refractivity contribution in [2.45, 2.75) is 39.2 Å². The van der Waals surface area contributed by atoms with E-state index in [9.17, 15) is 10.1 Å². The number of nitro benzene ring substituents is 1. The zero-order valence-corrected chi connectivity index (χ0v) is 12.1. The van der Waals surface area contributed by atoms with Gasteiger partial charge in [-0.15, -0.1) is 6.42 Å². The molecule has 4 heteroatoms. The van der Waals surface area contributed by atoms with Crippen LogP contribution in [0, 0.1) is 22.5 Å². The number of rotatable bonds is 6. The second-order valence-corrected chi connectivity index (χ2v) is 5.05. The molecule has 20 heavy (non-hydrogen) atoms. The first kappa shape index (κ1) is 15.8. The van der Waals surface area contributed by atoms with Gasteiger partial charge in [-0.05, 0) is 39.3 Å². The van der Waals surface area contributed by atoms with Gasteiger partial charge < -0.3 is 4.74 Å². The van der Waals surface area contributed by atoms with E-state index in [1.807, 2.05) is 20.8 Å².